The standard InChI is InChI=1S/C26H26N2O4S/c1-4-33-19-9-7-18(8-10-19)22(29)12-6-17-5-11-20-21(15-17)24(31)28(23(20)30)26(3)14-13-16(2)27-25(26)32/h5,7-11,15H,2,4,6,12-14H2,1,3H3,(H,27,32)/t26-/m0/s1. The third kappa shape index (κ3) is 4.25. The Morgan fingerprint density at radius 2 is 1.79 bits per heavy atom. The highest BCUT2D eigenvalue weighted by Gasteiger charge is 2.51. The molecule has 2 aromatic rings. The third-order valence-electron chi connectivity index (χ3n) is 6.27. The number of thioether (sulfide) groups is 1. The molecule has 0 aliphatic carbocycles. The largest absolute Gasteiger partial charge is 0.328 e. The number of Topliss-reactive ketones (excluding diaryl/α,β-unsaturated/α-hetero) is 1. The van der Waals surface area contributed by atoms with Crippen LogP contribution in [0.5, 0.6) is 0 Å². The molecule has 0 unspecified atom stereocenters. The van der Waals surface area contributed by atoms with Crippen LogP contribution in [-0.4, -0.2) is 39.7 Å². The first kappa shape index (κ1) is 23.0. The summed E-state index contributed by atoms with van der Waals surface area (Å²) in [5.74, 6) is -0.338. The molecule has 1 fully saturated rings. The lowest BCUT2D eigenvalue weighted by Crippen LogP contribution is -2.60. The van der Waals surface area contributed by atoms with Gasteiger partial charge in [-0.1, -0.05) is 31.7 Å². The number of aryl methyl sites for hydroxylation is 1. The van der Waals surface area contributed by atoms with Crippen molar-refractivity contribution in [2.24, 2.45) is 0 Å². The van der Waals surface area contributed by atoms with E-state index in [0.29, 0.717) is 36.9 Å². The maximum Gasteiger partial charge on any atom is 0.262 e. The van der Waals surface area contributed by atoms with Crippen LogP contribution in [0.3, 0.4) is 0 Å². The van der Waals surface area contributed by atoms with Crippen molar-refractivity contribution in [3.05, 3.63) is 77.0 Å². The first-order valence-electron chi connectivity index (χ1n) is 11.0. The van der Waals surface area contributed by atoms with Crippen molar-refractivity contribution < 1.29 is 19.2 Å². The summed E-state index contributed by atoms with van der Waals surface area (Å²) in [6.07, 6.45) is 1.59. The van der Waals surface area contributed by atoms with Gasteiger partial charge in [0.05, 0.1) is 11.1 Å². The number of nitrogens with one attached hydrogen (secondary N) is 1. The summed E-state index contributed by atoms with van der Waals surface area (Å²) in [5.41, 5.74) is 1.36. The molecule has 3 amide bonds. The van der Waals surface area contributed by atoms with E-state index in [9.17, 15) is 19.2 Å². The van der Waals surface area contributed by atoms with E-state index in [4.69, 9.17) is 0 Å². The first-order valence-corrected chi connectivity index (χ1v) is 12.0. The third-order valence-corrected chi connectivity index (χ3v) is 7.16. The Labute approximate surface area is 197 Å². The second-order valence-electron chi connectivity index (χ2n) is 8.54. The van der Waals surface area contributed by atoms with E-state index in [0.717, 1.165) is 21.1 Å². The summed E-state index contributed by atoms with van der Waals surface area (Å²) in [6.45, 7) is 7.46. The van der Waals surface area contributed by atoms with Gasteiger partial charge in [0.15, 0.2) is 5.78 Å². The van der Waals surface area contributed by atoms with Crippen molar-refractivity contribution in [3.8, 4) is 0 Å². The van der Waals surface area contributed by atoms with Crippen LogP contribution >= 0.6 is 11.8 Å². The highest BCUT2D eigenvalue weighted by molar-refractivity contribution is 7.99. The molecule has 1 saturated heterocycles. The number of carbonyl (C=O) groups is 4. The summed E-state index contributed by atoms with van der Waals surface area (Å²) >= 11 is 1.72. The minimum atomic E-state index is -1.26. The zero-order chi connectivity index (χ0) is 23.8. The van der Waals surface area contributed by atoms with Gasteiger partial charge in [-0.2, -0.15) is 0 Å². The molecule has 2 heterocycles. The van der Waals surface area contributed by atoms with Gasteiger partial charge in [-0.05, 0) is 61.8 Å². The predicted molar refractivity (Wildman–Crippen MR) is 127 cm³/mol. The Balaban J connectivity index is 1.48. The quantitative estimate of drug-likeness (QED) is 0.375. The molecular formula is C26H26N2O4S. The van der Waals surface area contributed by atoms with Crippen LogP contribution in [0.2, 0.25) is 0 Å². The number of fused-ring (bicyclic) bond motifs is 1. The summed E-state index contributed by atoms with van der Waals surface area (Å²) in [6, 6.07) is 12.6. The van der Waals surface area contributed by atoms with E-state index >= 15 is 0 Å². The average molecular weight is 463 g/mol. The summed E-state index contributed by atoms with van der Waals surface area (Å²) in [5, 5.41) is 2.67. The molecule has 2 aliphatic heterocycles. The molecule has 7 heteroatoms. The summed E-state index contributed by atoms with van der Waals surface area (Å²) in [7, 11) is 0. The molecule has 33 heavy (non-hydrogen) atoms. The normalized spacial score (nSPS) is 20.1. The number of ketones is 1. The zero-order valence-electron chi connectivity index (χ0n) is 18.8. The van der Waals surface area contributed by atoms with Gasteiger partial charge < -0.3 is 5.32 Å². The lowest BCUT2D eigenvalue weighted by Gasteiger charge is -2.39. The second kappa shape index (κ2) is 8.98. The average Bonchev–Trinajstić information content (AvgIpc) is 3.05. The molecule has 1 atom stereocenters. The van der Waals surface area contributed by atoms with Crippen LogP contribution in [0.1, 0.15) is 69.7 Å². The molecule has 0 radical (unpaired) electrons. The molecule has 0 saturated carbocycles. The van der Waals surface area contributed by atoms with Crippen molar-refractivity contribution >= 4 is 35.3 Å². The molecule has 2 aliphatic rings. The second-order valence-corrected chi connectivity index (χ2v) is 9.88. The van der Waals surface area contributed by atoms with Crippen molar-refractivity contribution in [2.75, 3.05) is 5.75 Å². The van der Waals surface area contributed by atoms with Crippen molar-refractivity contribution in [3.63, 3.8) is 0 Å². The van der Waals surface area contributed by atoms with E-state index in [-0.39, 0.29) is 16.9 Å². The number of allylic oxidation sites excluding steroid dienone is 1. The fourth-order valence-electron chi connectivity index (χ4n) is 4.28. The van der Waals surface area contributed by atoms with Crippen molar-refractivity contribution in [1.29, 1.82) is 0 Å². The Morgan fingerprint density at radius 1 is 1.09 bits per heavy atom. The van der Waals surface area contributed by atoms with Crippen LogP contribution < -0.4 is 5.32 Å². The van der Waals surface area contributed by atoms with E-state index in [2.05, 4.69) is 18.8 Å². The van der Waals surface area contributed by atoms with Crippen LogP contribution in [0, 0.1) is 0 Å². The molecule has 4 rings (SSSR count). The molecule has 1 N–H and O–H groups in total. The maximum atomic E-state index is 13.2. The van der Waals surface area contributed by atoms with Crippen molar-refractivity contribution in [1.82, 2.24) is 10.2 Å². The maximum absolute atomic E-state index is 13.2. The fourth-order valence-corrected chi connectivity index (χ4v) is 4.94. The van der Waals surface area contributed by atoms with Gasteiger partial charge in [0.25, 0.3) is 11.8 Å². The SMILES string of the molecule is C=C1CC[C@](C)(N2C(=O)c3ccc(CCC(=O)c4ccc(SCC)cc4)cc3C2=O)C(=O)N1. The van der Waals surface area contributed by atoms with Gasteiger partial charge in [-0.15, -0.1) is 11.8 Å². The van der Waals surface area contributed by atoms with Gasteiger partial charge in [0, 0.05) is 22.6 Å². The van der Waals surface area contributed by atoms with Crippen LogP contribution in [0.15, 0.2) is 59.6 Å². The summed E-state index contributed by atoms with van der Waals surface area (Å²) < 4.78 is 0. The Morgan fingerprint density at radius 3 is 2.45 bits per heavy atom. The number of benzene rings is 2. The van der Waals surface area contributed by atoms with Crippen LogP contribution in [-0.2, 0) is 11.2 Å². The highest BCUT2D eigenvalue weighted by Crippen LogP contribution is 2.35. The first-order chi connectivity index (χ1) is 15.7. The van der Waals surface area contributed by atoms with E-state index in [1.807, 2.05) is 24.3 Å². The number of amides is 3. The van der Waals surface area contributed by atoms with Gasteiger partial charge in [0.2, 0.25) is 5.91 Å². The van der Waals surface area contributed by atoms with Gasteiger partial charge in [-0.3, -0.25) is 24.1 Å². The van der Waals surface area contributed by atoms with Gasteiger partial charge in [-0.25, -0.2) is 0 Å². The molecule has 0 spiro atoms. The molecule has 0 aromatic heterocycles. The minimum absolute atomic E-state index is 0.0270. The number of rotatable bonds is 7. The number of hydrogen-bond acceptors (Lipinski definition) is 5. The Hall–Kier alpha value is -3.19. The van der Waals surface area contributed by atoms with Crippen LogP contribution in [0.4, 0.5) is 0 Å². The molecule has 170 valence electrons. The lowest BCUT2D eigenvalue weighted by atomic mass is 9.88. The number of hydrogen-bond donors (Lipinski definition) is 1. The topological polar surface area (TPSA) is 83.6 Å². The number of nitrogens with zero attached hydrogens (tertiary/aromatic N) is 1. The number of piperidine rings is 1. The lowest BCUT2D eigenvalue weighted by molar-refractivity contribution is -0.131. The van der Waals surface area contributed by atoms with Crippen LogP contribution in [0.25, 0.3) is 0 Å². The smallest absolute Gasteiger partial charge is 0.262 e. The number of imide groups is 1. The van der Waals surface area contributed by atoms with Crippen molar-refractivity contribution in [2.45, 2.75) is 50.0 Å². The minimum Gasteiger partial charge on any atom is -0.328 e. The van der Waals surface area contributed by atoms with Gasteiger partial charge >= 0.3 is 0 Å². The predicted octanol–water partition coefficient (Wildman–Crippen LogP) is 4.39. The van der Waals surface area contributed by atoms with E-state index in [1.54, 1.807) is 36.9 Å². The molecular weight excluding hydrogens is 436 g/mol. The van der Waals surface area contributed by atoms with E-state index in [1.165, 1.54) is 0 Å². The fraction of sp³-hybridized carbons (Fsp3) is 0.308. The highest BCUT2D eigenvalue weighted by atomic mass is 32.2. The number of carbonyl (C=O) groups excluding carboxylic acids is 4. The van der Waals surface area contributed by atoms with E-state index < -0.39 is 23.3 Å². The molecule has 0 bridgehead atoms. The Bertz CT molecular complexity index is 1170. The Kier molecular flexibility index (Phi) is 6.26. The monoisotopic (exact) mass is 462 g/mol. The molecule has 2 aromatic carbocycles. The zero-order valence-corrected chi connectivity index (χ0v) is 19.6. The summed E-state index contributed by atoms with van der Waals surface area (Å²) in [4.78, 5) is 53.6. The molecule has 6 nitrogen and oxygen atoms in total. The van der Waals surface area contributed by atoms with Gasteiger partial charge in [0.1, 0.15) is 5.54 Å².